The molecule has 0 aliphatic heterocycles. The number of hydrogen-bond donors (Lipinski definition) is 3. The predicted octanol–water partition coefficient (Wildman–Crippen LogP) is 5.25. The molecule has 0 heterocycles. The minimum absolute atomic E-state index is 0.238. The highest BCUT2D eigenvalue weighted by Crippen LogP contribution is 2.28. The quantitative estimate of drug-likeness (QED) is 0.496. The number of rotatable bonds is 5. The number of nitrogens with one attached hydrogen (secondary N) is 2. The topological polar surface area (TPSA) is 61.4 Å². The molecule has 4 rings (SSSR count). The Bertz CT molecular complexity index is 1030. The van der Waals surface area contributed by atoms with Crippen LogP contribution in [0.25, 0.3) is 11.1 Å². The van der Waals surface area contributed by atoms with E-state index >= 15 is 0 Å². The normalized spacial score (nSPS) is 15.3. The molecule has 154 valence electrons. The second-order valence-electron chi connectivity index (χ2n) is 7.58. The summed E-state index contributed by atoms with van der Waals surface area (Å²) in [6.45, 7) is 0.445. The summed E-state index contributed by atoms with van der Waals surface area (Å²) in [4.78, 5) is 13.7. The van der Waals surface area contributed by atoms with Gasteiger partial charge in [0, 0.05) is 23.5 Å². The van der Waals surface area contributed by atoms with Gasteiger partial charge in [-0.3, -0.25) is 0 Å². The van der Waals surface area contributed by atoms with E-state index in [2.05, 4.69) is 59.4 Å². The van der Waals surface area contributed by atoms with Crippen LogP contribution in [0.2, 0.25) is 0 Å². The van der Waals surface area contributed by atoms with Gasteiger partial charge in [-0.25, -0.2) is 4.79 Å². The molecule has 0 spiro atoms. The van der Waals surface area contributed by atoms with E-state index in [0.717, 1.165) is 40.8 Å². The van der Waals surface area contributed by atoms with Crippen molar-refractivity contribution in [2.24, 2.45) is 0 Å². The average molecular weight is 419 g/mol. The molecule has 0 bridgehead atoms. The van der Waals surface area contributed by atoms with Gasteiger partial charge < -0.3 is 15.7 Å². The molecule has 3 N–H and O–H groups in total. The van der Waals surface area contributed by atoms with Gasteiger partial charge in [0.15, 0.2) is 0 Å². The number of thioether (sulfide) groups is 1. The molecule has 0 saturated heterocycles. The third-order valence-corrected chi connectivity index (χ3v) is 6.25. The fourth-order valence-corrected chi connectivity index (χ4v) is 4.29. The second-order valence-corrected chi connectivity index (χ2v) is 8.46. The maximum absolute atomic E-state index is 12.5. The van der Waals surface area contributed by atoms with Crippen molar-refractivity contribution in [3.8, 4) is 11.1 Å². The van der Waals surface area contributed by atoms with Gasteiger partial charge in [0.05, 0.1) is 6.10 Å². The molecular formula is C25H26N2O2S. The van der Waals surface area contributed by atoms with E-state index in [1.165, 1.54) is 10.5 Å². The average Bonchev–Trinajstić information content (AvgIpc) is 2.78. The van der Waals surface area contributed by atoms with Crippen LogP contribution in [0.1, 0.15) is 23.1 Å². The van der Waals surface area contributed by atoms with Crippen molar-refractivity contribution in [1.29, 1.82) is 0 Å². The zero-order chi connectivity index (χ0) is 20.9. The first-order valence-corrected chi connectivity index (χ1v) is 11.4. The Hall–Kier alpha value is -2.76. The third kappa shape index (κ3) is 4.86. The smallest absolute Gasteiger partial charge is 0.319 e. The van der Waals surface area contributed by atoms with Gasteiger partial charge >= 0.3 is 6.03 Å². The summed E-state index contributed by atoms with van der Waals surface area (Å²) in [7, 11) is 0. The standard InChI is InChI=1S/C25H26N2O2S/c1-30-22-12-9-18(10-13-22)20-6-2-4-17(14-20)16-26-25(29)27-24-7-3-5-19-8-11-21(28)15-23(19)24/h2-7,9-10,12-14,21,28H,8,11,15-16H2,1H3,(H2,26,27,29). The van der Waals surface area contributed by atoms with Gasteiger partial charge in [-0.2, -0.15) is 0 Å². The Morgan fingerprint density at radius 3 is 2.67 bits per heavy atom. The molecule has 0 aromatic heterocycles. The Balaban J connectivity index is 1.40. The number of aryl methyl sites for hydroxylation is 1. The molecule has 4 nitrogen and oxygen atoms in total. The van der Waals surface area contributed by atoms with E-state index in [9.17, 15) is 9.90 Å². The van der Waals surface area contributed by atoms with Gasteiger partial charge in [-0.15, -0.1) is 11.8 Å². The van der Waals surface area contributed by atoms with Crippen molar-refractivity contribution in [2.45, 2.75) is 36.8 Å². The van der Waals surface area contributed by atoms with Crippen LogP contribution in [0, 0.1) is 0 Å². The lowest BCUT2D eigenvalue weighted by atomic mass is 9.88. The number of hydrogen-bond acceptors (Lipinski definition) is 3. The van der Waals surface area contributed by atoms with Crippen molar-refractivity contribution < 1.29 is 9.90 Å². The van der Waals surface area contributed by atoms with Crippen LogP contribution in [0.4, 0.5) is 10.5 Å². The number of aliphatic hydroxyl groups excluding tert-OH is 1. The largest absolute Gasteiger partial charge is 0.393 e. The maximum atomic E-state index is 12.5. The Kier molecular flexibility index (Phi) is 6.41. The van der Waals surface area contributed by atoms with E-state index in [0.29, 0.717) is 13.0 Å². The summed E-state index contributed by atoms with van der Waals surface area (Å²) < 4.78 is 0. The zero-order valence-electron chi connectivity index (χ0n) is 17.0. The molecule has 30 heavy (non-hydrogen) atoms. The molecule has 0 fully saturated rings. The first-order valence-electron chi connectivity index (χ1n) is 10.2. The summed E-state index contributed by atoms with van der Waals surface area (Å²) in [5.41, 5.74) is 6.37. The van der Waals surface area contributed by atoms with Gasteiger partial charge in [0.25, 0.3) is 0 Å². The number of urea groups is 1. The van der Waals surface area contributed by atoms with E-state index < -0.39 is 0 Å². The molecule has 0 saturated carbocycles. The summed E-state index contributed by atoms with van der Waals surface area (Å²) in [5, 5.41) is 15.9. The number of carbonyl (C=O) groups excluding carboxylic acids is 1. The van der Waals surface area contributed by atoms with Crippen LogP contribution in [0.15, 0.2) is 71.6 Å². The summed E-state index contributed by atoms with van der Waals surface area (Å²) >= 11 is 1.73. The molecule has 1 aliphatic rings. The Labute approximate surface area is 181 Å². The Morgan fingerprint density at radius 1 is 1.07 bits per heavy atom. The maximum Gasteiger partial charge on any atom is 0.319 e. The van der Waals surface area contributed by atoms with Crippen molar-refractivity contribution >= 4 is 23.5 Å². The fourth-order valence-electron chi connectivity index (χ4n) is 3.88. The van der Waals surface area contributed by atoms with Crippen LogP contribution in [0.3, 0.4) is 0 Å². The number of benzene rings is 3. The van der Waals surface area contributed by atoms with Crippen LogP contribution in [-0.2, 0) is 19.4 Å². The van der Waals surface area contributed by atoms with Gasteiger partial charge in [-0.05, 0) is 71.2 Å². The number of aliphatic hydroxyl groups is 1. The second kappa shape index (κ2) is 9.37. The van der Waals surface area contributed by atoms with Crippen LogP contribution < -0.4 is 10.6 Å². The number of carbonyl (C=O) groups is 1. The van der Waals surface area contributed by atoms with Gasteiger partial charge in [0.1, 0.15) is 0 Å². The number of anilines is 1. The van der Waals surface area contributed by atoms with Gasteiger partial charge in [-0.1, -0.05) is 42.5 Å². The SMILES string of the molecule is CSc1ccc(-c2cccc(CNC(=O)Nc3cccc4c3CC(O)CC4)c2)cc1. The molecule has 1 aliphatic carbocycles. The van der Waals surface area contributed by atoms with Crippen molar-refractivity contribution in [1.82, 2.24) is 5.32 Å². The lowest BCUT2D eigenvalue weighted by Gasteiger charge is -2.23. The molecule has 1 unspecified atom stereocenters. The first kappa shape index (κ1) is 20.5. The number of amides is 2. The summed E-state index contributed by atoms with van der Waals surface area (Å²) in [5.74, 6) is 0. The minimum atomic E-state index is -0.337. The third-order valence-electron chi connectivity index (χ3n) is 5.51. The van der Waals surface area contributed by atoms with Gasteiger partial charge in [0.2, 0.25) is 0 Å². The van der Waals surface area contributed by atoms with Crippen molar-refractivity contribution in [3.05, 3.63) is 83.4 Å². The highest BCUT2D eigenvalue weighted by atomic mass is 32.2. The Morgan fingerprint density at radius 2 is 1.87 bits per heavy atom. The summed E-state index contributed by atoms with van der Waals surface area (Å²) in [6, 6.07) is 22.4. The van der Waals surface area contributed by atoms with Crippen molar-refractivity contribution in [3.63, 3.8) is 0 Å². The molecule has 3 aromatic rings. The molecule has 1 atom stereocenters. The minimum Gasteiger partial charge on any atom is -0.393 e. The highest BCUT2D eigenvalue weighted by Gasteiger charge is 2.19. The fraction of sp³-hybridized carbons (Fsp3) is 0.240. The lowest BCUT2D eigenvalue weighted by molar-refractivity contribution is 0.159. The van der Waals surface area contributed by atoms with E-state index in [1.54, 1.807) is 11.8 Å². The van der Waals surface area contributed by atoms with E-state index in [4.69, 9.17) is 0 Å². The monoisotopic (exact) mass is 418 g/mol. The lowest BCUT2D eigenvalue weighted by Crippen LogP contribution is -2.29. The van der Waals surface area contributed by atoms with Crippen molar-refractivity contribution in [2.75, 3.05) is 11.6 Å². The molecule has 5 heteroatoms. The van der Waals surface area contributed by atoms with Crippen LogP contribution in [-0.4, -0.2) is 23.5 Å². The van der Waals surface area contributed by atoms with Crippen LogP contribution >= 0.6 is 11.8 Å². The number of fused-ring (bicyclic) bond motifs is 1. The first-order chi connectivity index (χ1) is 14.6. The van der Waals surface area contributed by atoms with E-state index in [1.807, 2.05) is 24.3 Å². The zero-order valence-corrected chi connectivity index (χ0v) is 17.8. The highest BCUT2D eigenvalue weighted by molar-refractivity contribution is 7.98. The van der Waals surface area contributed by atoms with E-state index in [-0.39, 0.29) is 12.1 Å². The van der Waals surface area contributed by atoms with Crippen LogP contribution in [0.5, 0.6) is 0 Å². The molecule has 0 radical (unpaired) electrons. The molecule has 2 amide bonds. The predicted molar refractivity (Wildman–Crippen MR) is 124 cm³/mol. The summed E-state index contributed by atoms with van der Waals surface area (Å²) in [6.07, 6.45) is 3.94. The molecule has 3 aromatic carbocycles. The molecular weight excluding hydrogens is 392 g/mol.